The quantitative estimate of drug-likeness (QED) is 0.763. The second kappa shape index (κ2) is 5.08. The summed E-state index contributed by atoms with van der Waals surface area (Å²) in [7, 11) is 0. The first kappa shape index (κ1) is 11.9. The first-order chi connectivity index (χ1) is 7.06. The molecule has 0 aromatic carbocycles. The maximum Gasteiger partial charge on any atom is 0.0708 e. The van der Waals surface area contributed by atoms with Crippen LogP contribution in [0.1, 0.15) is 36.7 Å². The molecular formula is C13H20N2. The van der Waals surface area contributed by atoms with Gasteiger partial charge in [-0.15, -0.1) is 0 Å². The smallest absolute Gasteiger partial charge is 0.0708 e. The second-order valence-electron chi connectivity index (χ2n) is 4.05. The summed E-state index contributed by atoms with van der Waals surface area (Å²) in [6.45, 7) is 13.2. The predicted molar refractivity (Wildman–Crippen MR) is 64.9 cm³/mol. The van der Waals surface area contributed by atoms with E-state index in [0.29, 0.717) is 0 Å². The third kappa shape index (κ3) is 2.90. The summed E-state index contributed by atoms with van der Waals surface area (Å²) in [4.78, 5) is 4.49. The Morgan fingerprint density at radius 1 is 1.53 bits per heavy atom. The fraction of sp³-hybridized carbons (Fsp3) is 0.462. The molecule has 1 N–H and O–H groups in total. The Bertz CT molecular complexity index is 356. The van der Waals surface area contributed by atoms with Crippen molar-refractivity contribution in [2.45, 2.75) is 33.7 Å². The highest BCUT2D eigenvalue weighted by atomic mass is 14.9. The highest BCUT2D eigenvalue weighted by molar-refractivity contribution is 5.29. The molecule has 0 saturated carbocycles. The van der Waals surface area contributed by atoms with E-state index in [1.165, 1.54) is 11.1 Å². The van der Waals surface area contributed by atoms with Crippen LogP contribution in [0.25, 0.3) is 0 Å². The third-order valence-corrected chi connectivity index (χ3v) is 2.43. The van der Waals surface area contributed by atoms with Crippen LogP contribution in [0, 0.1) is 13.8 Å². The van der Waals surface area contributed by atoms with Crippen molar-refractivity contribution in [3.8, 4) is 0 Å². The third-order valence-electron chi connectivity index (χ3n) is 2.43. The zero-order chi connectivity index (χ0) is 11.4. The molecule has 0 aliphatic heterocycles. The predicted octanol–water partition coefficient (Wildman–Crippen LogP) is 2.93. The number of likely N-dealkylation sites (N-methyl/N-ethyl adjacent to an activating group) is 1. The van der Waals surface area contributed by atoms with Gasteiger partial charge >= 0.3 is 0 Å². The van der Waals surface area contributed by atoms with Crippen LogP contribution in [-0.4, -0.2) is 11.5 Å². The Labute approximate surface area is 92.4 Å². The molecule has 2 nitrogen and oxygen atoms in total. The van der Waals surface area contributed by atoms with Crippen LogP contribution in [0.2, 0.25) is 0 Å². The average Bonchev–Trinajstić information content (AvgIpc) is 2.15. The van der Waals surface area contributed by atoms with E-state index < -0.39 is 0 Å². The van der Waals surface area contributed by atoms with E-state index in [9.17, 15) is 0 Å². The highest BCUT2D eigenvalue weighted by Gasteiger charge is 2.14. The molecule has 2 heteroatoms. The minimum absolute atomic E-state index is 0.176. The lowest BCUT2D eigenvalue weighted by Crippen LogP contribution is -2.23. The van der Waals surface area contributed by atoms with E-state index >= 15 is 0 Å². The Morgan fingerprint density at radius 2 is 2.20 bits per heavy atom. The number of pyridine rings is 1. The number of hydrogen-bond donors (Lipinski definition) is 1. The summed E-state index contributed by atoms with van der Waals surface area (Å²) in [5.74, 6) is 0. The zero-order valence-corrected chi connectivity index (χ0v) is 10.1. The molecule has 0 fully saturated rings. The molecule has 1 atom stereocenters. The standard InChI is InChI=1S/C13H20N2/c1-6-14-12(9(2)3)13-11(5)7-10(4)8-15-13/h7-8,12,14H,2,6H2,1,3-5H3. The molecule has 0 spiro atoms. The van der Waals surface area contributed by atoms with E-state index in [-0.39, 0.29) is 6.04 Å². The first-order valence-corrected chi connectivity index (χ1v) is 5.38. The van der Waals surface area contributed by atoms with Gasteiger partial charge < -0.3 is 5.32 Å². The SMILES string of the molecule is C=C(C)C(NCC)c1ncc(C)cc1C. The lowest BCUT2D eigenvalue weighted by atomic mass is 10.0. The van der Waals surface area contributed by atoms with E-state index in [2.05, 4.69) is 43.7 Å². The van der Waals surface area contributed by atoms with Gasteiger partial charge in [-0.25, -0.2) is 0 Å². The van der Waals surface area contributed by atoms with Crippen molar-refractivity contribution in [2.75, 3.05) is 6.54 Å². The minimum atomic E-state index is 0.176. The van der Waals surface area contributed by atoms with Gasteiger partial charge in [0.25, 0.3) is 0 Å². The number of hydrogen-bond acceptors (Lipinski definition) is 2. The molecule has 1 aromatic rings. The first-order valence-electron chi connectivity index (χ1n) is 5.38. The Kier molecular flexibility index (Phi) is 4.04. The van der Waals surface area contributed by atoms with Gasteiger partial charge in [-0.2, -0.15) is 0 Å². The molecule has 1 heterocycles. The molecule has 0 saturated heterocycles. The maximum absolute atomic E-state index is 4.49. The number of aromatic nitrogens is 1. The molecule has 0 bridgehead atoms. The van der Waals surface area contributed by atoms with E-state index in [4.69, 9.17) is 0 Å². The van der Waals surface area contributed by atoms with E-state index in [1.807, 2.05) is 13.1 Å². The Hall–Kier alpha value is -1.15. The molecule has 0 radical (unpaired) electrons. The van der Waals surface area contributed by atoms with Gasteiger partial charge in [0.15, 0.2) is 0 Å². The van der Waals surface area contributed by atoms with Gasteiger partial charge in [0.05, 0.1) is 11.7 Å². The second-order valence-corrected chi connectivity index (χ2v) is 4.05. The topological polar surface area (TPSA) is 24.9 Å². The van der Waals surface area contributed by atoms with Gasteiger partial charge in [-0.1, -0.05) is 25.1 Å². The molecule has 15 heavy (non-hydrogen) atoms. The monoisotopic (exact) mass is 204 g/mol. The number of aryl methyl sites for hydroxylation is 2. The summed E-state index contributed by atoms with van der Waals surface area (Å²) in [5.41, 5.74) is 4.63. The van der Waals surface area contributed by atoms with Crippen LogP contribution < -0.4 is 5.32 Å². The van der Waals surface area contributed by atoms with Gasteiger partial charge in [-0.05, 0) is 38.4 Å². The average molecular weight is 204 g/mol. The summed E-state index contributed by atoms with van der Waals surface area (Å²) in [6.07, 6.45) is 1.91. The summed E-state index contributed by atoms with van der Waals surface area (Å²) >= 11 is 0. The van der Waals surface area contributed by atoms with Gasteiger partial charge in [0, 0.05) is 6.20 Å². The van der Waals surface area contributed by atoms with E-state index in [1.54, 1.807) is 0 Å². The van der Waals surface area contributed by atoms with Crippen molar-refractivity contribution in [3.63, 3.8) is 0 Å². The largest absolute Gasteiger partial charge is 0.306 e. The maximum atomic E-state index is 4.49. The summed E-state index contributed by atoms with van der Waals surface area (Å²) < 4.78 is 0. The molecule has 0 aliphatic rings. The Morgan fingerprint density at radius 3 is 2.67 bits per heavy atom. The highest BCUT2D eigenvalue weighted by Crippen LogP contribution is 2.21. The molecule has 1 rings (SSSR count). The van der Waals surface area contributed by atoms with Crippen molar-refractivity contribution in [3.05, 3.63) is 41.2 Å². The number of rotatable bonds is 4. The van der Waals surface area contributed by atoms with Crippen molar-refractivity contribution >= 4 is 0 Å². The number of nitrogens with zero attached hydrogens (tertiary/aromatic N) is 1. The van der Waals surface area contributed by atoms with Crippen molar-refractivity contribution < 1.29 is 0 Å². The van der Waals surface area contributed by atoms with Crippen LogP contribution in [0.5, 0.6) is 0 Å². The van der Waals surface area contributed by atoms with Gasteiger partial charge in [0.2, 0.25) is 0 Å². The fourth-order valence-corrected chi connectivity index (χ4v) is 1.74. The van der Waals surface area contributed by atoms with Crippen LogP contribution in [0.4, 0.5) is 0 Å². The number of nitrogens with one attached hydrogen (secondary N) is 1. The minimum Gasteiger partial charge on any atom is -0.306 e. The van der Waals surface area contributed by atoms with Crippen LogP contribution in [-0.2, 0) is 0 Å². The molecule has 82 valence electrons. The molecule has 0 aliphatic carbocycles. The molecule has 1 unspecified atom stereocenters. The van der Waals surface area contributed by atoms with Crippen molar-refractivity contribution in [1.29, 1.82) is 0 Å². The summed E-state index contributed by atoms with van der Waals surface area (Å²) in [5, 5.41) is 3.40. The van der Waals surface area contributed by atoms with Crippen LogP contribution in [0.15, 0.2) is 24.4 Å². The Balaban J connectivity index is 3.05. The van der Waals surface area contributed by atoms with E-state index in [0.717, 1.165) is 17.8 Å². The summed E-state index contributed by atoms with van der Waals surface area (Å²) in [6, 6.07) is 2.34. The molecule has 0 amide bonds. The van der Waals surface area contributed by atoms with Gasteiger partial charge in [0.1, 0.15) is 0 Å². The molecule has 1 aromatic heterocycles. The van der Waals surface area contributed by atoms with Crippen molar-refractivity contribution in [1.82, 2.24) is 10.3 Å². The van der Waals surface area contributed by atoms with Gasteiger partial charge in [-0.3, -0.25) is 4.98 Å². The normalized spacial score (nSPS) is 12.5. The fourth-order valence-electron chi connectivity index (χ4n) is 1.74. The zero-order valence-electron chi connectivity index (χ0n) is 10.1. The lowest BCUT2D eigenvalue weighted by Gasteiger charge is -2.19. The van der Waals surface area contributed by atoms with Crippen LogP contribution in [0.3, 0.4) is 0 Å². The van der Waals surface area contributed by atoms with Crippen molar-refractivity contribution in [2.24, 2.45) is 0 Å². The molecular weight excluding hydrogens is 184 g/mol. The van der Waals surface area contributed by atoms with Crippen LogP contribution >= 0.6 is 0 Å². The lowest BCUT2D eigenvalue weighted by molar-refractivity contribution is 0.603.